The molecule has 0 aromatic heterocycles. The van der Waals surface area contributed by atoms with Gasteiger partial charge in [-0.15, -0.1) is 0 Å². The molecule has 0 fully saturated rings. The van der Waals surface area contributed by atoms with Crippen LogP contribution in [-0.2, 0) is 11.3 Å². The van der Waals surface area contributed by atoms with Crippen LogP contribution in [0.2, 0.25) is 0 Å². The summed E-state index contributed by atoms with van der Waals surface area (Å²) in [5.74, 6) is -0.269. The fraction of sp³-hybridized carbons (Fsp3) is 0.333. The monoisotopic (exact) mass is 354 g/mol. The van der Waals surface area contributed by atoms with Gasteiger partial charge in [0.15, 0.2) is 0 Å². The smallest absolute Gasteiger partial charge is 0.255 e. The van der Waals surface area contributed by atoms with E-state index in [2.05, 4.69) is 19.2 Å². The van der Waals surface area contributed by atoms with Crippen molar-refractivity contribution >= 4 is 11.8 Å². The van der Waals surface area contributed by atoms with E-state index in [0.717, 1.165) is 6.42 Å². The maximum atomic E-state index is 13.5. The van der Waals surface area contributed by atoms with Crippen LogP contribution in [0.4, 0.5) is 4.39 Å². The molecule has 0 bridgehead atoms. The second kappa shape index (κ2) is 7.68. The van der Waals surface area contributed by atoms with Gasteiger partial charge in [0.2, 0.25) is 5.91 Å². The van der Waals surface area contributed by atoms with E-state index in [1.54, 1.807) is 24.3 Å². The molecule has 1 N–H and O–H groups in total. The van der Waals surface area contributed by atoms with E-state index < -0.39 is 6.04 Å². The molecular weight excluding hydrogens is 331 g/mol. The highest BCUT2D eigenvalue weighted by Gasteiger charge is 2.40. The highest BCUT2D eigenvalue weighted by Crippen LogP contribution is 2.35. The number of hydrogen-bond acceptors (Lipinski definition) is 2. The molecular formula is C21H23FN2O2. The minimum atomic E-state index is -0.686. The Bertz CT molecular complexity index is 819. The van der Waals surface area contributed by atoms with Gasteiger partial charge in [-0.25, -0.2) is 4.39 Å². The molecule has 0 saturated heterocycles. The normalized spacial score (nSPS) is 16.1. The summed E-state index contributed by atoms with van der Waals surface area (Å²) in [6, 6.07) is 12.6. The number of halogens is 1. The maximum absolute atomic E-state index is 13.5. The zero-order valence-electron chi connectivity index (χ0n) is 15.0. The number of carbonyl (C=O) groups excluding carboxylic acids is 2. The van der Waals surface area contributed by atoms with Crippen LogP contribution in [0.5, 0.6) is 0 Å². The third kappa shape index (κ3) is 3.77. The van der Waals surface area contributed by atoms with Crippen LogP contribution >= 0.6 is 0 Å². The summed E-state index contributed by atoms with van der Waals surface area (Å²) < 4.78 is 13.5. The van der Waals surface area contributed by atoms with E-state index in [1.165, 1.54) is 17.0 Å². The first-order chi connectivity index (χ1) is 12.5. The lowest BCUT2D eigenvalue weighted by molar-refractivity contribution is -0.125. The van der Waals surface area contributed by atoms with Gasteiger partial charge in [-0.3, -0.25) is 9.59 Å². The van der Waals surface area contributed by atoms with E-state index in [0.29, 0.717) is 29.2 Å². The van der Waals surface area contributed by atoms with Gasteiger partial charge < -0.3 is 10.2 Å². The molecule has 1 unspecified atom stereocenters. The molecule has 136 valence electrons. The van der Waals surface area contributed by atoms with Gasteiger partial charge in [-0.1, -0.05) is 44.2 Å². The van der Waals surface area contributed by atoms with Gasteiger partial charge >= 0.3 is 0 Å². The lowest BCUT2D eigenvalue weighted by Gasteiger charge is -2.25. The van der Waals surface area contributed by atoms with Crippen LogP contribution in [0.3, 0.4) is 0 Å². The zero-order chi connectivity index (χ0) is 18.7. The van der Waals surface area contributed by atoms with E-state index in [4.69, 9.17) is 0 Å². The summed E-state index contributed by atoms with van der Waals surface area (Å²) >= 11 is 0. The number of fused-ring (bicyclic) bond motifs is 1. The Labute approximate surface area is 153 Å². The lowest BCUT2D eigenvalue weighted by atomic mass is 10.0. The molecule has 2 aromatic carbocycles. The highest BCUT2D eigenvalue weighted by molar-refractivity contribution is 6.04. The summed E-state index contributed by atoms with van der Waals surface area (Å²) in [7, 11) is 0. The van der Waals surface area contributed by atoms with Crippen LogP contribution in [0.25, 0.3) is 0 Å². The summed E-state index contributed by atoms with van der Waals surface area (Å²) in [6.07, 6.45) is 0.873. The Morgan fingerprint density at radius 3 is 2.69 bits per heavy atom. The fourth-order valence-corrected chi connectivity index (χ4v) is 3.23. The van der Waals surface area contributed by atoms with Crippen molar-refractivity contribution in [3.63, 3.8) is 0 Å². The Kier molecular flexibility index (Phi) is 5.35. The first kappa shape index (κ1) is 18.1. The van der Waals surface area contributed by atoms with Gasteiger partial charge in [-0.05, 0) is 41.7 Å². The largest absolute Gasteiger partial charge is 0.354 e. The Balaban J connectivity index is 1.86. The predicted octanol–water partition coefficient (Wildman–Crippen LogP) is 3.69. The highest BCUT2D eigenvalue weighted by atomic mass is 19.1. The molecule has 2 aromatic rings. The van der Waals surface area contributed by atoms with E-state index in [1.807, 2.05) is 12.1 Å². The van der Waals surface area contributed by atoms with Gasteiger partial charge in [-0.2, -0.15) is 0 Å². The predicted molar refractivity (Wildman–Crippen MR) is 97.9 cm³/mol. The van der Waals surface area contributed by atoms with E-state index >= 15 is 0 Å². The van der Waals surface area contributed by atoms with Crippen molar-refractivity contribution in [1.82, 2.24) is 10.2 Å². The van der Waals surface area contributed by atoms with E-state index in [9.17, 15) is 14.0 Å². The van der Waals surface area contributed by atoms with Crippen LogP contribution in [0.1, 0.15) is 47.8 Å². The summed E-state index contributed by atoms with van der Waals surface area (Å²) in [6.45, 7) is 4.94. The number of amides is 2. The fourth-order valence-electron chi connectivity index (χ4n) is 3.23. The summed E-state index contributed by atoms with van der Waals surface area (Å²) in [5.41, 5.74) is 1.90. The molecule has 1 atom stereocenters. The van der Waals surface area contributed by atoms with Crippen molar-refractivity contribution in [2.24, 2.45) is 5.92 Å². The molecule has 1 aliphatic heterocycles. The minimum absolute atomic E-state index is 0.188. The Hall–Kier alpha value is -2.69. The molecule has 0 saturated carbocycles. The molecule has 3 rings (SSSR count). The summed E-state index contributed by atoms with van der Waals surface area (Å²) in [5, 5.41) is 2.94. The SMILES string of the molecule is CC(C)CCNC(=O)C1c2ccccc2C(=O)N1Cc1cccc(F)c1. The average molecular weight is 354 g/mol. The second-order valence-corrected chi connectivity index (χ2v) is 7.03. The summed E-state index contributed by atoms with van der Waals surface area (Å²) in [4.78, 5) is 27.2. The van der Waals surface area contributed by atoms with Crippen molar-refractivity contribution in [1.29, 1.82) is 0 Å². The van der Waals surface area contributed by atoms with Gasteiger partial charge in [0.05, 0.1) is 0 Å². The molecule has 1 aliphatic rings. The second-order valence-electron chi connectivity index (χ2n) is 7.03. The number of carbonyl (C=O) groups is 2. The molecule has 4 nitrogen and oxygen atoms in total. The Morgan fingerprint density at radius 2 is 1.96 bits per heavy atom. The van der Waals surface area contributed by atoms with Gasteiger partial charge in [0, 0.05) is 18.7 Å². The molecule has 2 amide bonds. The maximum Gasteiger partial charge on any atom is 0.255 e. The molecule has 5 heteroatoms. The number of nitrogens with zero attached hydrogens (tertiary/aromatic N) is 1. The molecule has 0 aliphatic carbocycles. The number of hydrogen-bond donors (Lipinski definition) is 1. The van der Waals surface area contributed by atoms with Crippen LogP contribution < -0.4 is 5.32 Å². The zero-order valence-corrected chi connectivity index (χ0v) is 15.0. The van der Waals surface area contributed by atoms with Crippen LogP contribution in [0.15, 0.2) is 48.5 Å². The van der Waals surface area contributed by atoms with Crippen molar-refractivity contribution in [3.05, 3.63) is 71.0 Å². The third-order valence-corrected chi connectivity index (χ3v) is 4.57. The third-order valence-electron chi connectivity index (χ3n) is 4.57. The first-order valence-electron chi connectivity index (χ1n) is 8.89. The molecule has 0 spiro atoms. The van der Waals surface area contributed by atoms with Crippen molar-refractivity contribution in [2.45, 2.75) is 32.9 Å². The molecule has 1 heterocycles. The number of nitrogens with one attached hydrogen (secondary N) is 1. The standard InChI is InChI=1S/C21H23FN2O2/c1-14(2)10-11-23-20(25)19-17-8-3-4-9-18(17)21(26)24(19)13-15-6-5-7-16(22)12-15/h3-9,12,14,19H,10-11,13H2,1-2H3,(H,23,25). The topological polar surface area (TPSA) is 49.4 Å². The number of benzene rings is 2. The lowest BCUT2D eigenvalue weighted by Crippen LogP contribution is -2.39. The van der Waals surface area contributed by atoms with Crippen molar-refractivity contribution < 1.29 is 14.0 Å². The Morgan fingerprint density at radius 1 is 1.19 bits per heavy atom. The van der Waals surface area contributed by atoms with Crippen LogP contribution in [0, 0.1) is 11.7 Å². The molecule has 26 heavy (non-hydrogen) atoms. The first-order valence-corrected chi connectivity index (χ1v) is 8.89. The average Bonchev–Trinajstić information content (AvgIpc) is 2.87. The van der Waals surface area contributed by atoms with Gasteiger partial charge in [0.25, 0.3) is 5.91 Å². The number of rotatable bonds is 6. The van der Waals surface area contributed by atoms with Crippen LogP contribution in [-0.4, -0.2) is 23.3 Å². The van der Waals surface area contributed by atoms with E-state index in [-0.39, 0.29) is 24.2 Å². The van der Waals surface area contributed by atoms with Gasteiger partial charge in [0.1, 0.15) is 11.9 Å². The molecule has 0 radical (unpaired) electrons. The van der Waals surface area contributed by atoms with Crippen molar-refractivity contribution in [3.8, 4) is 0 Å². The quantitative estimate of drug-likeness (QED) is 0.860. The van der Waals surface area contributed by atoms with Crippen molar-refractivity contribution in [2.75, 3.05) is 6.54 Å². The minimum Gasteiger partial charge on any atom is -0.354 e.